The van der Waals surface area contributed by atoms with Gasteiger partial charge in [-0.3, -0.25) is 9.59 Å². The molecule has 5 rings (SSSR count). The summed E-state index contributed by atoms with van der Waals surface area (Å²) in [5.41, 5.74) is 4.09. The average Bonchev–Trinajstić information content (AvgIpc) is 3.11. The van der Waals surface area contributed by atoms with Crippen molar-refractivity contribution < 1.29 is 14.3 Å². The largest absolute Gasteiger partial charge is 0.481 e. The normalized spacial score (nSPS) is 19.0. The zero-order chi connectivity index (χ0) is 17.8. The number of amides is 2. The number of nitrogens with one attached hydrogen (secondary N) is 1. The third-order valence-corrected chi connectivity index (χ3v) is 4.96. The summed E-state index contributed by atoms with van der Waals surface area (Å²) in [5.74, 6) is 0.318. The maximum atomic E-state index is 12.3. The summed E-state index contributed by atoms with van der Waals surface area (Å²) in [5, 5.41) is 7.02. The molecule has 0 aliphatic carbocycles. The van der Waals surface area contributed by atoms with Crippen molar-refractivity contribution in [2.75, 3.05) is 23.9 Å². The van der Waals surface area contributed by atoms with E-state index in [9.17, 15) is 9.59 Å². The van der Waals surface area contributed by atoms with Gasteiger partial charge in [0, 0.05) is 37.3 Å². The van der Waals surface area contributed by atoms with Crippen LogP contribution in [0.5, 0.6) is 5.75 Å². The Hall–Kier alpha value is -3.42. The molecule has 1 unspecified atom stereocenters. The Morgan fingerprint density at radius 1 is 1.27 bits per heavy atom. The number of carbonyl (C=O) groups is 2. The van der Waals surface area contributed by atoms with Crippen molar-refractivity contribution in [2.45, 2.75) is 12.3 Å². The lowest BCUT2D eigenvalue weighted by Crippen LogP contribution is -2.36. The van der Waals surface area contributed by atoms with Crippen LogP contribution in [0.2, 0.25) is 0 Å². The van der Waals surface area contributed by atoms with Gasteiger partial charge in [0.15, 0.2) is 12.3 Å². The van der Waals surface area contributed by atoms with E-state index >= 15 is 0 Å². The van der Waals surface area contributed by atoms with Crippen LogP contribution in [0.25, 0.3) is 5.65 Å². The lowest BCUT2D eigenvalue weighted by Gasteiger charge is -2.31. The van der Waals surface area contributed by atoms with Gasteiger partial charge in [0.25, 0.3) is 5.91 Å². The maximum Gasteiger partial charge on any atom is 0.264 e. The molecule has 1 atom stereocenters. The van der Waals surface area contributed by atoms with Crippen LogP contribution in [0.3, 0.4) is 0 Å². The van der Waals surface area contributed by atoms with Crippen LogP contribution in [0.4, 0.5) is 11.4 Å². The Kier molecular flexibility index (Phi) is 3.03. The third kappa shape index (κ3) is 2.15. The maximum absolute atomic E-state index is 12.3. The molecule has 3 aromatic rings. The van der Waals surface area contributed by atoms with Crippen molar-refractivity contribution in [2.24, 2.45) is 0 Å². The van der Waals surface area contributed by atoms with Gasteiger partial charge in [0.1, 0.15) is 12.1 Å². The van der Waals surface area contributed by atoms with Crippen LogP contribution in [-0.2, 0) is 9.59 Å². The fourth-order valence-corrected chi connectivity index (χ4v) is 3.57. The summed E-state index contributed by atoms with van der Waals surface area (Å²) in [4.78, 5) is 30.0. The van der Waals surface area contributed by atoms with Crippen LogP contribution in [0.15, 0.2) is 36.8 Å². The topological polar surface area (TPSA) is 88.8 Å². The van der Waals surface area contributed by atoms with Gasteiger partial charge < -0.3 is 15.0 Å². The van der Waals surface area contributed by atoms with Crippen LogP contribution in [-0.4, -0.2) is 40.1 Å². The van der Waals surface area contributed by atoms with Gasteiger partial charge in [-0.05, 0) is 29.3 Å². The highest BCUT2D eigenvalue weighted by Crippen LogP contribution is 2.44. The molecule has 8 heteroatoms. The van der Waals surface area contributed by atoms with Gasteiger partial charge in [-0.1, -0.05) is 0 Å². The first-order valence-electron chi connectivity index (χ1n) is 8.26. The number of likely N-dealkylation sites (N-methyl/N-ethyl adjacent to an activating group) is 1. The fraction of sp³-hybridized carbons (Fsp3) is 0.222. The number of anilines is 2. The number of fused-ring (bicyclic) bond motifs is 3. The first kappa shape index (κ1) is 14.9. The Morgan fingerprint density at radius 3 is 3.04 bits per heavy atom. The van der Waals surface area contributed by atoms with Crippen LogP contribution >= 0.6 is 0 Å². The van der Waals surface area contributed by atoms with E-state index in [1.165, 1.54) is 6.33 Å². The van der Waals surface area contributed by atoms with E-state index in [2.05, 4.69) is 15.4 Å². The van der Waals surface area contributed by atoms with Gasteiger partial charge in [0.05, 0.1) is 5.69 Å². The van der Waals surface area contributed by atoms with E-state index in [1.54, 1.807) is 22.5 Å². The van der Waals surface area contributed by atoms with Crippen molar-refractivity contribution in [1.82, 2.24) is 14.6 Å². The predicted octanol–water partition coefficient (Wildman–Crippen LogP) is 1.56. The molecule has 2 amide bonds. The molecule has 130 valence electrons. The van der Waals surface area contributed by atoms with Crippen LogP contribution in [0.1, 0.15) is 23.5 Å². The smallest absolute Gasteiger partial charge is 0.264 e. The number of ether oxygens (including phenoxy) is 1. The number of pyridine rings is 1. The minimum Gasteiger partial charge on any atom is -0.481 e. The zero-order valence-electron chi connectivity index (χ0n) is 14.0. The van der Waals surface area contributed by atoms with Crippen molar-refractivity contribution in [3.05, 3.63) is 47.9 Å². The van der Waals surface area contributed by atoms with Gasteiger partial charge in [0.2, 0.25) is 5.91 Å². The Bertz CT molecular complexity index is 1070. The van der Waals surface area contributed by atoms with Crippen molar-refractivity contribution >= 4 is 28.8 Å². The number of aromatic nitrogens is 3. The minimum atomic E-state index is -0.129. The summed E-state index contributed by atoms with van der Waals surface area (Å²) in [6, 6.07) is 7.61. The molecule has 26 heavy (non-hydrogen) atoms. The molecule has 0 saturated heterocycles. The Morgan fingerprint density at radius 2 is 2.15 bits per heavy atom. The zero-order valence-corrected chi connectivity index (χ0v) is 14.0. The fourth-order valence-electron chi connectivity index (χ4n) is 3.57. The molecule has 2 aromatic heterocycles. The number of nitrogens with zero attached hydrogens (tertiary/aromatic N) is 4. The average molecular weight is 349 g/mol. The molecule has 1 aromatic carbocycles. The molecule has 2 aliphatic rings. The van der Waals surface area contributed by atoms with E-state index in [4.69, 9.17) is 4.74 Å². The number of hydrogen-bond donors (Lipinski definition) is 1. The number of hydrogen-bond acceptors (Lipinski definition) is 5. The summed E-state index contributed by atoms with van der Waals surface area (Å²) >= 11 is 0. The van der Waals surface area contributed by atoms with E-state index in [0.717, 1.165) is 16.8 Å². The molecule has 0 radical (unpaired) electrons. The van der Waals surface area contributed by atoms with E-state index in [0.29, 0.717) is 23.5 Å². The minimum absolute atomic E-state index is 0.00319. The second-order valence-corrected chi connectivity index (χ2v) is 6.48. The summed E-state index contributed by atoms with van der Waals surface area (Å²) in [6.07, 6.45) is 3.66. The summed E-state index contributed by atoms with van der Waals surface area (Å²) in [7, 11) is 1.73. The van der Waals surface area contributed by atoms with Gasteiger partial charge in [-0.2, -0.15) is 5.10 Å². The number of benzene rings is 1. The Labute approximate surface area is 148 Å². The molecular weight excluding hydrogens is 334 g/mol. The molecule has 4 heterocycles. The molecule has 1 N–H and O–H groups in total. The number of carbonyl (C=O) groups excluding carboxylic acids is 2. The highest BCUT2D eigenvalue weighted by atomic mass is 16.5. The van der Waals surface area contributed by atoms with Crippen LogP contribution < -0.4 is 15.0 Å². The highest BCUT2D eigenvalue weighted by molar-refractivity contribution is 6.00. The molecule has 2 aliphatic heterocycles. The van der Waals surface area contributed by atoms with Crippen LogP contribution in [0, 0.1) is 0 Å². The molecule has 0 spiro atoms. The standard InChI is InChI=1S/C18H15N5O3/c1-22-14-5-12-11(10-2-3-23-16(4-10)19-9-20-23)6-17(24)21-13(12)7-15(14)26-8-18(22)25/h2-5,7,9,11H,6,8H2,1H3,(H,21,24). The second-order valence-electron chi connectivity index (χ2n) is 6.48. The third-order valence-electron chi connectivity index (χ3n) is 4.96. The molecule has 0 fully saturated rings. The van der Waals surface area contributed by atoms with Crippen molar-refractivity contribution in [3.8, 4) is 5.75 Å². The lowest BCUT2D eigenvalue weighted by atomic mass is 9.84. The second kappa shape index (κ2) is 5.29. The predicted molar refractivity (Wildman–Crippen MR) is 93.4 cm³/mol. The highest BCUT2D eigenvalue weighted by Gasteiger charge is 2.31. The SMILES string of the molecule is CN1C(=O)COc2cc3c(cc21)C(c1ccn2ncnc2c1)CC(=O)N3. The van der Waals surface area contributed by atoms with E-state index in [-0.39, 0.29) is 24.3 Å². The molecule has 8 nitrogen and oxygen atoms in total. The molecule has 0 bridgehead atoms. The van der Waals surface area contributed by atoms with Crippen molar-refractivity contribution in [3.63, 3.8) is 0 Å². The molecule has 0 saturated carbocycles. The lowest BCUT2D eigenvalue weighted by molar-refractivity contribution is -0.121. The van der Waals surface area contributed by atoms with Gasteiger partial charge >= 0.3 is 0 Å². The number of rotatable bonds is 1. The Balaban J connectivity index is 1.67. The summed E-state index contributed by atoms with van der Waals surface area (Å²) < 4.78 is 7.21. The molecular formula is C18H15N5O3. The van der Waals surface area contributed by atoms with Gasteiger partial charge in [-0.25, -0.2) is 9.50 Å². The first-order valence-corrected chi connectivity index (χ1v) is 8.26. The van der Waals surface area contributed by atoms with E-state index in [1.807, 2.05) is 24.4 Å². The van der Waals surface area contributed by atoms with Crippen molar-refractivity contribution in [1.29, 1.82) is 0 Å². The van der Waals surface area contributed by atoms with E-state index < -0.39 is 0 Å². The van der Waals surface area contributed by atoms with Gasteiger partial charge in [-0.15, -0.1) is 0 Å². The quantitative estimate of drug-likeness (QED) is 0.720. The monoisotopic (exact) mass is 349 g/mol. The first-order chi connectivity index (χ1) is 12.6. The summed E-state index contributed by atoms with van der Waals surface area (Å²) in [6.45, 7) is 0.00319.